The second-order valence-corrected chi connectivity index (χ2v) is 7.68. The minimum Gasteiger partial charge on any atom is -0.497 e. The highest BCUT2D eigenvalue weighted by Gasteiger charge is 2.18. The van der Waals surface area contributed by atoms with Crippen molar-refractivity contribution in [3.63, 3.8) is 0 Å². The third kappa shape index (κ3) is 4.90. The van der Waals surface area contributed by atoms with Crippen molar-refractivity contribution in [1.29, 1.82) is 0 Å². The van der Waals surface area contributed by atoms with Gasteiger partial charge in [-0.15, -0.1) is 0 Å². The fraction of sp³-hybridized carbons (Fsp3) is 0.360. The molecule has 1 aromatic heterocycles. The number of rotatable bonds is 7. The molecule has 1 aliphatic carbocycles. The van der Waals surface area contributed by atoms with E-state index in [0.717, 1.165) is 35.2 Å². The molecule has 3 aromatic rings. The van der Waals surface area contributed by atoms with Crippen LogP contribution in [0.1, 0.15) is 49.4 Å². The van der Waals surface area contributed by atoms with Gasteiger partial charge < -0.3 is 19.5 Å². The van der Waals surface area contributed by atoms with Crippen LogP contribution in [0.3, 0.4) is 0 Å². The summed E-state index contributed by atoms with van der Waals surface area (Å²) in [5.41, 5.74) is 2.62. The van der Waals surface area contributed by atoms with Gasteiger partial charge in [0, 0.05) is 17.3 Å². The van der Waals surface area contributed by atoms with Gasteiger partial charge in [-0.3, -0.25) is 4.98 Å². The first-order valence-electron chi connectivity index (χ1n) is 10.9. The molecule has 162 valence electrons. The molecule has 0 radical (unpaired) electrons. The Labute approximate surface area is 182 Å². The lowest BCUT2D eigenvalue weighted by Crippen LogP contribution is -2.19. The number of carbonyl (C=O) groups excluding carboxylic acids is 1. The standard InChI is InChI=1S/C25H28N2O4/c1-3-30-25(28)22-16-26-23-14-13-20(29-2)15-21(23)24(22)27-17-9-11-19(12-10-17)31-18-7-5-4-6-8-18/h9-16,18H,3-8H2,1-2H3,(H,26,27). The zero-order valence-corrected chi connectivity index (χ0v) is 18.0. The molecule has 2 aromatic carbocycles. The maximum atomic E-state index is 12.6. The van der Waals surface area contributed by atoms with E-state index in [4.69, 9.17) is 14.2 Å². The van der Waals surface area contributed by atoms with Gasteiger partial charge in [0.15, 0.2) is 0 Å². The molecular formula is C25H28N2O4. The summed E-state index contributed by atoms with van der Waals surface area (Å²) in [5.74, 6) is 1.14. The smallest absolute Gasteiger partial charge is 0.341 e. The highest BCUT2D eigenvalue weighted by molar-refractivity contribution is 6.06. The number of methoxy groups -OCH3 is 1. The van der Waals surface area contributed by atoms with Gasteiger partial charge in [0.05, 0.1) is 31.0 Å². The second-order valence-electron chi connectivity index (χ2n) is 7.68. The quantitative estimate of drug-likeness (QED) is 0.482. The molecule has 0 bridgehead atoms. The van der Waals surface area contributed by atoms with E-state index < -0.39 is 5.97 Å². The fourth-order valence-corrected chi connectivity index (χ4v) is 3.93. The number of esters is 1. The van der Waals surface area contributed by atoms with Gasteiger partial charge in [0.1, 0.15) is 17.1 Å². The molecule has 0 unspecified atom stereocenters. The Morgan fingerprint density at radius 3 is 2.52 bits per heavy atom. The van der Waals surface area contributed by atoms with E-state index >= 15 is 0 Å². The summed E-state index contributed by atoms with van der Waals surface area (Å²) in [6.07, 6.45) is 7.87. The van der Waals surface area contributed by atoms with Crippen molar-refractivity contribution >= 4 is 28.2 Å². The number of nitrogens with one attached hydrogen (secondary N) is 1. The predicted octanol–water partition coefficient (Wildman–Crippen LogP) is 5.88. The van der Waals surface area contributed by atoms with Crippen molar-refractivity contribution in [3.8, 4) is 11.5 Å². The number of fused-ring (bicyclic) bond motifs is 1. The lowest BCUT2D eigenvalue weighted by Gasteiger charge is -2.23. The van der Waals surface area contributed by atoms with E-state index in [9.17, 15) is 4.79 Å². The third-order valence-electron chi connectivity index (χ3n) is 5.55. The number of aromatic nitrogens is 1. The normalized spacial score (nSPS) is 14.3. The van der Waals surface area contributed by atoms with E-state index in [0.29, 0.717) is 29.7 Å². The Kier molecular flexibility index (Phi) is 6.55. The maximum Gasteiger partial charge on any atom is 0.341 e. The molecule has 6 heteroatoms. The number of benzene rings is 2. The topological polar surface area (TPSA) is 69.7 Å². The Hall–Kier alpha value is -3.28. The molecular weight excluding hydrogens is 392 g/mol. The van der Waals surface area contributed by atoms with Crippen LogP contribution in [0, 0.1) is 0 Å². The Morgan fingerprint density at radius 1 is 1.06 bits per heavy atom. The number of hydrogen-bond acceptors (Lipinski definition) is 6. The summed E-state index contributed by atoms with van der Waals surface area (Å²) in [5, 5.41) is 4.17. The van der Waals surface area contributed by atoms with Crippen molar-refractivity contribution in [2.75, 3.05) is 19.0 Å². The van der Waals surface area contributed by atoms with Crippen LogP contribution >= 0.6 is 0 Å². The fourth-order valence-electron chi connectivity index (χ4n) is 3.93. The summed E-state index contributed by atoms with van der Waals surface area (Å²) in [6.45, 7) is 2.08. The van der Waals surface area contributed by atoms with Crippen LogP contribution in [0.5, 0.6) is 11.5 Å². The molecule has 4 rings (SSSR count). The Balaban J connectivity index is 1.63. The minimum absolute atomic E-state index is 0.293. The van der Waals surface area contributed by atoms with Gasteiger partial charge in [-0.05, 0) is 75.1 Å². The number of pyridine rings is 1. The first-order valence-corrected chi connectivity index (χ1v) is 10.9. The summed E-state index contributed by atoms with van der Waals surface area (Å²) < 4.78 is 16.7. The molecule has 6 nitrogen and oxygen atoms in total. The minimum atomic E-state index is -0.417. The second kappa shape index (κ2) is 9.69. The molecule has 0 spiro atoms. The average molecular weight is 421 g/mol. The molecule has 1 saturated carbocycles. The van der Waals surface area contributed by atoms with Crippen LogP contribution in [0.25, 0.3) is 10.9 Å². The van der Waals surface area contributed by atoms with Crippen LogP contribution in [-0.4, -0.2) is 30.8 Å². The van der Waals surface area contributed by atoms with Crippen molar-refractivity contribution in [1.82, 2.24) is 4.98 Å². The number of hydrogen-bond donors (Lipinski definition) is 1. The summed E-state index contributed by atoms with van der Waals surface area (Å²) in [4.78, 5) is 17.0. The van der Waals surface area contributed by atoms with E-state index in [-0.39, 0.29) is 0 Å². The maximum absolute atomic E-state index is 12.6. The molecule has 0 aliphatic heterocycles. The number of anilines is 2. The highest BCUT2D eigenvalue weighted by atomic mass is 16.5. The van der Waals surface area contributed by atoms with Crippen molar-refractivity contribution in [2.24, 2.45) is 0 Å². The lowest BCUT2D eigenvalue weighted by atomic mass is 9.98. The van der Waals surface area contributed by atoms with Gasteiger partial charge in [0.2, 0.25) is 0 Å². The highest BCUT2D eigenvalue weighted by Crippen LogP contribution is 2.33. The summed E-state index contributed by atoms with van der Waals surface area (Å²) >= 11 is 0. The van der Waals surface area contributed by atoms with Crippen LogP contribution < -0.4 is 14.8 Å². The van der Waals surface area contributed by atoms with E-state index in [1.807, 2.05) is 42.5 Å². The monoisotopic (exact) mass is 420 g/mol. The zero-order valence-electron chi connectivity index (χ0n) is 18.0. The van der Waals surface area contributed by atoms with Crippen LogP contribution in [0.2, 0.25) is 0 Å². The van der Waals surface area contributed by atoms with Gasteiger partial charge in [0.25, 0.3) is 0 Å². The first kappa shape index (κ1) is 21.0. The summed E-state index contributed by atoms with van der Waals surface area (Å²) in [6, 6.07) is 13.4. The average Bonchev–Trinajstić information content (AvgIpc) is 2.81. The molecule has 1 fully saturated rings. The van der Waals surface area contributed by atoms with Crippen molar-refractivity contribution in [3.05, 3.63) is 54.2 Å². The summed E-state index contributed by atoms with van der Waals surface area (Å²) in [7, 11) is 1.61. The molecule has 1 aliphatic rings. The van der Waals surface area contributed by atoms with Crippen molar-refractivity contribution < 1.29 is 19.0 Å². The molecule has 1 N–H and O–H groups in total. The number of carbonyl (C=O) groups is 1. The van der Waals surface area contributed by atoms with E-state index in [1.54, 1.807) is 20.2 Å². The molecule has 31 heavy (non-hydrogen) atoms. The zero-order chi connectivity index (χ0) is 21.6. The van der Waals surface area contributed by atoms with E-state index in [2.05, 4.69) is 10.3 Å². The molecule has 0 saturated heterocycles. The predicted molar refractivity (Wildman–Crippen MR) is 121 cm³/mol. The SMILES string of the molecule is CCOC(=O)c1cnc2ccc(OC)cc2c1Nc1ccc(OC2CCCCC2)cc1. The molecule has 0 atom stereocenters. The Morgan fingerprint density at radius 2 is 1.81 bits per heavy atom. The third-order valence-corrected chi connectivity index (χ3v) is 5.55. The first-order chi connectivity index (χ1) is 15.2. The van der Waals surface area contributed by atoms with Crippen molar-refractivity contribution in [2.45, 2.75) is 45.1 Å². The van der Waals surface area contributed by atoms with E-state index in [1.165, 1.54) is 19.3 Å². The van der Waals surface area contributed by atoms with Gasteiger partial charge in [-0.25, -0.2) is 4.79 Å². The van der Waals surface area contributed by atoms with Crippen LogP contribution in [0.15, 0.2) is 48.7 Å². The van der Waals surface area contributed by atoms with Crippen LogP contribution in [-0.2, 0) is 4.74 Å². The Bertz CT molecular complexity index is 1040. The molecule has 1 heterocycles. The largest absolute Gasteiger partial charge is 0.497 e. The van der Waals surface area contributed by atoms with Gasteiger partial charge in [-0.2, -0.15) is 0 Å². The van der Waals surface area contributed by atoms with Gasteiger partial charge in [-0.1, -0.05) is 6.42 Å². The number of nitrogens with zero attached hydrogens (tertiary/aromatic N) is 1. The number of ether oxygens (including phenoxy) is 3. The lowest BCUT2D eigenvalue weighted by molar-refractivity contribution is 0.0527. The van der Waals surface area contributed by atoms with Gasteiger partial charge >= 0.3 is 5.97 Å². The molecule has 0 amide bonds. The van der Waals surface area contributed by atoms with Crippen LogP contribution in [0.4, 0.5) is 11.4 Å².